The lowest BCUT2D eigenvalue weighted by Crippen LogP contribution is -2.55. The maximum atomic E-state index is 11.7. The lowest BCUT2D eigenvalue weighted by Gasteiger charge is -2.41. The molecule has 8 heteroatoms. The predicted molar refractivity (Wildman–Crippen MR) is 95.7 cm³/mol. The Morgan fingerprint density at radius 2 is 2.04 bits per heavy atom. The van der Waals surface area contributed by atoms with E-state index >= 15 is 0 Å². The van der Waals surface area contributed by atoms with Crippen LogP contribution in [0.4, 0.5) is 0 Å². The molecule has 0 saturated carbocycles. The van der Waals surface area contributed by atoms with Crippen molar-refractivity contribution < 1.29 is 24.2 Å². The van der Waals surface area contributed by atoms with Crippen LogP contribution in [-0.2, 0) is 16.1 Å². The smallest absolute Gasteiger partial charge is 0.309 e. The number of piperidine rings is 1. The van der Waals surface area contributed by atoms with Crippen LogP contribution in [0.15, 0.2) is 12.1 Å². The molecule has 1 spiro atoms. The van der Waals surface area contributed by atoms with Crippen molar-refractivity contribution in [2.24, 2.45) is 5.92 Å². The summed E-state index contributed by atoms with van der Waals surface area (Å²) in [5.74, 6) is -0.625. The molecule has 1 aromatic rings. The van der Waals surface area contributed by atoms with Gasteiger partial charge in [0.2, 0.25) is 5.91 Å². The number of halogens is 1. The van der Waals surface area contributed by atoms with Crippen molar-refractivity contribution in [2.45, 2.75) is 31.3 Å². The molecule has 3 rings (SSSR count). The van der Waals surface area contributed by atoms with E-state index in [1.807, 2.05) is 12.1 Å². The van der Waals surface area contributed by atoms with Gasteiger partial charge in [0.05, 0.1) is 30.7 Å². The van der Waals surface area contributed by atoms with Crippen LogP contribution in [0.3, 0.4) is 0 Å². The minimum absolute atomic E-state index is 0.0701. The first-order valence-electron chi connectivity index (χ1n) is 8.55. The van der Waals surface area contributed by atoms with Gasteiger partial charge in [-0.25, -0.2) is 0 Å². The first kappa shape index (κ1) is 18.8. The highest BCUT2D eigenvalue weighted by atomic mass is 35.5. The molecule has 0 aromatic heterocycles. The minimum atomic E-state index is -0.900. The Kier molecular flexibility index (Phi) is 5.29. The van der Waals surface area contributed by atoms with Gasteiger partial charge < -0.3 is 19.9 Å². The molecular formula is C18H23ClN2O5. The number of hydrogen-bond acceptors (Lipinski definition) is 5. The van der Waals surface area contributed by atoms with Gasteiger partial charge in [-0.1, -0.05) is 11.6 Å². The quantitative estimate of drug-likeness (QED) is 0.808. The molecule has 1 amide bonds. The molecule has 1 atom stereocenters. The van der Waals surface area contributed by atoms with Crippen molar-refractivity contribution in [3.05, 3.63) is 22.7 Å². The molecule has 2 saturated heterocycles. The SMILES string of the molecule is COc1cc(CN2CCC3(CC2)NC(=O)C[C@@H]3C(=O)O)cc(Cl)c1OC. The summed E-state index contributed by atoms with van der Waals surface area (Å²) in [5, 5.41) is 12.9. The predicted octanol–water partition coefficient (Wildman–Crippen LogP) is 1.91. The fourth-order valence-electron chi connectivity index (χ4n) is 4.02. The van der Waals surface area contributed by atoms with Crippen LogP contribution in [0, 0.1) is 5.92 Å². The van der Waals surface area contributed by atoms with Crippen molar-refractivity contribution in [3.8, 4) is 11.5 Å². The number of carboxylic acids is 1. The van der Waals surface area contributed by atoms with Crippen LogP contribution < -0.4 is 14.8 Å². The van der Waals surface area contributed by atoms with Gasteiger partial charge in [-0.3, -0.25) is 14.5 Å². The second-order valence-corrected chi connectivity index (χ2v) is 7.30. The van der Waals surface area contributed by atoms with Gasteiger partial charge >= 0.3 is 5.97 Å². The Morgan fingerprint density at radius 3 is 2.62 bits per heavy atom. The van der Waals surface area contributed by atoms with Gasteiger partial charge in [-0.15, -0.1) is 0 Å². The van der Waals surface area contributed by atoms with Crippen molar-refractivity contribution >= 4 is 23.5 Å². The molecule has 0 radical (unpaired) electrons. The zero-order valence-corrected chi connectivity index (χ0v) is 15.6. The third-order valence-electron chi connectivity index (χ3n) is 5.39. The number of nitrogens with zero attached hydrogens (tertiary/aromatic N) is 1. The fraction of sp³-hybridized carbons (Fsp3) is 0.556. The molecule has 2 aliphatic rings. The van der Waals surface area contributed by atoms with E-state index < -0.39 is 17.4 Å². The number of nitrogens with one attached hydrogen (secondary N) is 1. The first-order chi connectivity index (χ1) is 12.4. The van der Waals surface area contributed by atoms with Gasteiger partial charge in [0.15, 0.2) is 11.5 Å². The summed E-state index contributed by atoms with van der Waals surface area (Å²) < 4.78 is 10.6. The normalized spacial score (nSPS) is 22.3. The number of carbonyl (C=O) groups excluding carboxylic acids is 1. The van der Waals surface area contributed by atoms with Crippen molar-refractivity contribution in [1.82, 2.24) is 10.2 Å². The molecule has 26 heavy (non-hydrogen) atoms. The molecule has 2 fully saturated rings. The van der Waals surface area contributed by atoms with Gasteiger partial charge in [0, 0.05) is 26.1 Å². The molecule has 0 unspecified atom stereocenters. The molecule has 7 nitrogen and oxygen atoms in total. The van der Waals surface area contributed by atoms with E-state index in [2.05, 4.69) is 10.2 Å². The summed E-state index contributed by atoms with van der Waals surface area (Å²) in [4.78, 5) is 25.5. The van der Waals surface area contributed by atoms with Gasteiger partial charge in [-0.2, -0.15) is 0 Å². The number of benzene rings is 1. The summed E-state index contributed by atoms with van der Waals surface area (Å²) in [6.45, 7) is 2.08. The lowest BCUT2D eigenvalue weighted by atomic mass is 9.77. The summed E-state index contributed by atoms with van der Waals surface area (Å²) in [7, 11) is 3.11. The number of carboxylic acid groups (broad SMARTS) is 1. The highest BCUT2D eigenvalue weighted by Crippen LogP contribution is 2.39. The van der Waals surface area contributed by atoms with E-state index in [4.69, 9.17) is 21.1 Å². The number of hydrogen-bond donors (Lipinski definition) is 2. The van der Waals surface area contributed by atoms with E-state index in [0.29, 0.717) is 49.0 Å². The molecule has 0 aliphatic carbocycles. The van der Waals surface area contributed by atoms with Crippen LogP contribution in [0.1, 0.15) is 24.8 Å². The van der Waals surface area contributed by atoms with Crippen LogP contribution in [0.2, 0.25) is 5.02 Å². The Labute approximate surface area is 157 Å². The first-order valence-corrected chi connectivity index (χ1v) is 8.93. The summed E-state index contributed by atoms with van der Waals surface area (Å²) in [6.07, 6.45) is 1.31. The number of methoxy groups -OCH3 is 2. The van der Waals surface area contributed by atoms with Crippen LogP contribution in [0.5, 0.6) is 11.5 Å². The van der Waals surface area contributed by atoms with Crippen LogP contribution in [-0.4, -0.2) is 54.7 Å². The van der Waals surface area contributed by atoms with Gasteiger partial charge in [0.1, 0.15) is 0 Å². The second-order valence-electron chi connectivity index (χ2n) is 6.89. The van der Waals surface area contributed by atoms with E-state index in [1.54, 1.807) is 14.2 Å². The number of carbonyl (C=O) groups is 2. The molecule has 142 valence electrons. The zero-order chi connectivity index (χ0) is 18.9. The minimum Gasteiger partial charge on any atom is -0.493 e. The number of rotatable bonds is 5. The van der Waals surface area contributed by atoms with Crippen molar-refractivity contribution in [3.63, 3.8) is 0 Å². The highest BCUT2D eigenvalue weighted by Gasteiger charge is 2.51. The largest absolute Gasteiger partial charge is 0.493 e. The molecule has 1 aromatic carbocycles. The number of aliphatic carboxylic acids is 1. The number of likely N-dealkylation sites (tertiary alicyclic amines) is 1. The summed E-state index contributed by atoms with van der Waals surface area (Å²) in [6, 6.07) is 3.75. The van der Waals surface area contributed by atoms with E-state index in [1.165, 1.54) is 0 Å². The van der Waals surface area contributed by atoms with Crippen LogP contribution in [0.25, 0.3) is 0 Å². The van der Waals surface area contributed by atoms with Crippen LogP contribution >= 0.6 is 11.6 Å². The fourth-order valence-corrected chi connectivity index (χ4v) is 4.34. The maximum Gasteiger partial charge on any atom is 0.309 e. The van der Waals surface area contributed by atoms with E-state index in [9.17, 15) is 14.7 Å². The second kappa shape index (κ2) is 7.32. The average molecular weight is 383 g/mol. The Morgan fingerprint density at radius 1 is 1.35 bits per heavy atom. The standard InChI is InChI=1S/C18H23ClN2O5/c1-25-14-8-11(7-13(19)16(14)26-2)10-21-5-3-18(4-6-21)12(17(23)24)9-15(22)20-18/h7-8,12H,3-6,9-10H2,1-2H3,(H,20,22)(H,23,24)/t12-/m1/s1. The topological polar surface area (TPSA) is 88.1 Å². The molecule has 2 aliphatic heterocycles. The summed E-state index contributed by atoms with van der Waals surface area (Å²) in [5.41, 5.74) is 0.378. The molecule has 2 heterocycles. The van der Waals surface area contributed by atoms with E-state index in [-0.39, 0.29) is 12.3 Å². The van der Waals surface area contributed by atoms with Crippen molar-refractivity contribution in [1.29, 1.82) is 0 Å². The van der Waals surface area contributed by atoms with Gasteiger partial charge in [0.25, 0.3) is 0 Å². The molecule has 2 N–H and O–H groups in total. The Hall–Kier alpha value is -1.99. The molecule has 0 bridgehead atoms. The Bertz CT molecular complexity index is 716. The number of ether oxygens (including phenoxy) is 2. The third-order valence-corrected chi connectivity index (χ3v) is 5.67. The highest BCUT2D eigenvalue weighted by molar-refractivity contribution is 6.32. The number of amides is 1. The molecular weight excluding hydrogens is 360 g/mol. The zero-order valence-electron chi connectivity index (χ0n) is 14.9. The third kappa shape index (κ3) is 3.46. The van der Waals surface area contributed by atoms with Gasteiger partial charge in [-0.05, 0) is 30.5 Å². The maximum absolute atomic E-state index is 11.7. The summed E-state index contributed by atoms with van der Waals surface area (Å²) >= 11 is 6.26. The van der Waals surface area contributed by atoms with Crippen molar-refractivity contribution in [2.75, 3.05) is 27.3 Å². The average Bonchev–Trinajstić information content (AvgIpc) is 2.93. The Balaban J connectivity index is 1.69. The van der Waals surface area contributed by atoms with E-state index in [0.717, 1.165) is 5.56 Å². The monoisotopic (exact) mass is 382 g/mol. The lowest BCUT2D eigenvalue weighted by molar-refractivity contribution is -0.144.